The number of hydrogen-bond donors (Lipinski definition) is 1. The molecule has 1 aromatic carbocycles. The molecule has 0 bridgehead atoms. The van der Waals surface area contributed by atoms with Gasteiger partial charge in [0.15, 0.2) is 0 Å². The van der Waals surface area contributed by atoms with E-state index >= 15 is 0 Å². The summed E-state index contributed by atoms with van der Waals surface area (Å²) in [6, 6.07) is 5.75. The molecule has 0 aliphatic heterocycles. The molecule has 68 valence electrons. The third-order valence-electron chi connectivity index (χ3n) is 1.45. The summed E-state index contributed by atoms with van der Waals surface area (Å²) in [6.45, 7) is 3.38. The maximum Gasteiger partial charge on any atom is 0.294 e. The largest absolute Gasteiger partial charge is 0.294 e. The summed E-state index contributed by atoms with van der Waals surface area (Å²) in [4.78, 5) is -0.117. The summed E-state index contributed by atoms with van der Waals surface area (Å²) in [5, 5.41) is 0. The Morgan fingerprint density at radius 3 is 2.23 bits per heavy atom. The summed E-state index contributed by atoms with van der Waals surface area (Å²) in [5.41, 5.74) is 3.34. The maximum atomic E-state index is 10.6. The van der Waals surface area contributed by atoms with E-state index in [2.05, 4.69) is 12.3 Å². The van der Waals surface area contributed by atoms with Crippen molar-refractivity contribution in [3.05, 3.63) is 42.1 Å². The second-order valence-electron chi connectivity index (χ2n) is 2.39. The van der Waals surface area contributed by atoms with Crippen LogP contribution in [0.4, 0.5) is 0 Å². The molecule has 13 heavy (non-hydrogen) atoms. The monoisotopic (exact) mass is 196 g/mol. The van der Waals surface area contributed by atoms with Crippen LogP contribution in [0.25, 0.3) is 6.08 Å². The summed E-state index contributed by atoms with van der Waals surface area (Å²) in [6.07, 6.45) is 1.60. The fourth-order valence-electron chi connectivity index (χ4n) is 0.854. The van der Waals surface area contributed by atoms with E-state index < -0.39 is 10.1 Å². The van der Waals surface area contributed by atoms with Gasteiger partial charge in [-0.3, -0.25) is 4.55 Å². The van der Waals surface area contributed by atoms with E-state index in [1.165, 1.54) is 12.1 Å². The lowest BCUT2D eigenvalue weighted by Gasteiger charge is -1.96. The van der Waals surface area contributed by atoms with E-state index in [1.54, 1.807) is 18.2 Å². The zero-order valence-electron chi connectivity index (χ0n) is 6.77. The number of benzene rings is 1. The zero-order valence-corrected chi connectivity index (χ0v) is 7.58. The van der Waals surface area contributed by atoms with Crippen LogP contribution in [-0.2, 0) is 10.1 Å². The van der Waals surface area contributed by atoms with Crippen molar-refractivity contribution in [3.63, 3.8) is 0 Å². The molecule has 1 aromatic rings. The molecular formula is C9H8O3S. The lowest BCUT2D eigenvalue weighted by atomic mass is 10.2. The van der Waals surface area contributed by atoms with Gasteiger partial charge in [-0.1, -0.05) is 18.7 Å². The predicted octanol–water partition coefficient (Wildman–Crippen LogP) is 1.73. The molecule has 0 fully saturated rings. The highest BCUT2D eigenvalue weighted by Crippen LogP contribution is 2.10. The predicted molar refractivity (Wildman–Crippen MR) is 49.9 cm³/mol. The van der Waals surface area contributed by atoms with Gasteiger partial charge in [0, 0.05) is 0 Å². The van der Waals surface area contributed by atoms with E-state index in [-0.39, 0.29) is 4.90 Å². The molecule has 0 aliphatic carbocycles. The van der Waals surface area contributed by atoms with Gasteiger partial charge in [-0.25, -0.2) is 0 Å². The smallest absolute Gasteiger partial charge is 0.282 e. The van der Waals surface area contributed by atoms with Gasteiger partial charge in [-0.15, -0.1) is 5.73 Å². The average Bonchev–Trinajstić information content (AvgIpc) is 2.04. The van der Waals surface area contributed by atoms with Crippen LogP contribution in [0.15, 0.2) is 41.5 Å². The molecule has 3 nitrogen and oxygen atoms in total. The molecule has 0 saturated heterocycles. The third-order valence-corrected chi connectivity index (χ3v) is 2.31. The minimum absolute atomic E-state index is 0.117. The van der Waals surface area contributed by atoms with E-state index in [4.69, 9.17) is 4.55 Å². The average molecular weight is 196 g/mol. The Bertz CT molecular complexity index is 436. The first-order chi connectivity index (χ1) is 6.04. The Labute approximate surface area is 76.8 Å². The lowest BCUT2D eigenvalue weighted by Crippen LogP contribution is -1.96. The minimum atomic E-state index is -4.08. The second kappa shape index (κ2) is 3.58. The van der Waals surface area contributed by atoms with Gasteiger partial charge < -0.3 is 0 Å². The molecule has 0 aromatic heterocycles. The molecule has 0 aliphatic rings. The van der Waals surface area contributed by atoms with Crippen molar-refractivity contribution in [2.24, 2.45) is 0 Å². The van der Waals surface area contributed by atoms with Crippen molar-refractivity contribution in [1.29, 1.82) is 0 Å². The molecule has 0 spiro atoms. The SMILES string of the molecule is C=C=Cc1ccc(S(=O)(=O)O)cc1. The molecular weight excluding hydrogens is 188 g/mol. The van der Waals surface area contributed by atoms with Crippen molar-refractivity contribution in [1.82, 2.24) is 0 Å². The van der Waals surface area contributed by atoms with Gasteiger partial charge in [0.05, 0.1) is 4.90 Å². The van der Waals surface area contributed by atoms with Crippen molar-refractivity contribution >= 4 is 16.2 Å². The molecule has 0 heterocycles. The molecule has 0 atom stereocenters. The highest BCUT2D eigenvalue weighted by Gasteiger charge is 2.07. The summed E-state index contributed by atoms with van der Waals surface area (Å²) in [7, 11) is -4.08. The van der Waals surface area contributed by atoms with Gasteiger partial charge >= 0.3 is 0 Å². The van der Waals surface area contributed by atoms with E-state index in [1.807, 2.05) is 0 Å². The van der Waals surface area contributed by atoms with Crippen LogP contribution in [0.3, 0.4) is 0 Å². The van der Waals surface area contributed by atoms with Gasteiger partial charge in [-0.05, 0) is 23.8 Å². The van der Waals surface area contributed by atoms with Crippen molar-refractivity contribution in [2.45, 2.75) is 4.90 Å². The third kappa shape index (κ3) is 2.56. The lowest BCUT2D eigenvalue weighted by molar-refractivity contribution is 0.483. The Morgan fingerprint density at radius 2 is 1.85 bits per heavy atom. The van der Waals surface area contributed by atoms with E-state index in [0.29, 0.717) is 0 Å². The van der Waals surface area contributed by atoms with Crippen LogP contribution in [0.5, 0.6) is 0 Å². The minimum Gasteiger partial charge on any atom is -0.282 e. The van der Waals surface area contributed by atoms with Crippen LogP contribution in [-0.4, -0.2) is 13.0 Å². The van der Waals surface area contributed by atoms with Crippen LogP contribution in [0.2, 0.25) is 0 Å². The molecule has 0 radical (unpaired) electrons. The molecule has 1 N–H and O–H groups in total. The van der Waals surface area contributed by atoms with Gasteiger partial charge in [0.2, 0.25) is 0 Å². The topological polar surface area (TPSA) is 54.4 Å². The van der Waals surface area contributed by atoms with Crippen molar-refractivity contribution in [2.75, 3.05) is 0 Å². The first-order valence-corrected chi connectivity index (χ1v) is 4.91. The Balaban J connectivity index is 3.15. The first kappa shape index (κ1) is 9.74. The van der Waals surface area contributed by atoms with Crippen molar-refractivity contribution in [3.8, 4) is 0 Å². The molecule has 1 rings (SSSR count). The maximum absolute atomic E-state index is 10.6. The van der Waals surface area contributed by atoms with E-state index in [0.717, 1.165) is 5.56 Å². The number of rotatable bonds is 2. The molecule has 4 heteroatoms. The Morgan fingerprint density at radius 1 is 1.31 bits per heavy atom. The van der Waals surface area contributed by atoms with Gasteiger partial charge in [0.25, 0.3) is 10.1 Å². The Kier molecular flexibility index (Phi) is 2.68. The molecule has 0 saturated carbocycles. The fourth-order valence-corrected chi connectivity index (χ4v) is 1.33. The highest BCUT2D eigenvalue weighted by molar-refractivity contribution is 7.85. The van der Waals surface area contributed by atoms with Gasteiger partial charge in [-0.2, -0.15) is 8.42 Å². The second-order valence-corrected chi connectivity index (χ2v) is 3.81. The zero-order chi connectivity index (χ0) is 9.90. The normalized spacial score (nSPS) is 10.5. The number of hydrogen-bond acceptors (Lipinski definition) is 2. The molecule has 0 amide bonds. The summed E-state index contributed by atoms with van der Waals surface area (Å²) < 4.78 is 29.9. The van der Waals surface area contributed by atoms with E-state index in [9.17, 15) is 8.42 Å². The Hall–Kier alpha value is -1.35. The van der Waals surface area contributed by atoms with Crippen LogP contribution in [0.1, 0.15) is 5.56 Å². The summed E-state index contributed by atoms with van der Waals surface area (Å²) >= 11 is 0. The van der Waals surface area contributed by atoms with Crippen LogP contribution < -0.4 is 0 Å². The van der Waals surface area contributed by atoms with Crippen LogP contribution in [0, 0.1) is 0 Å². The van der Waals surface area contributed by atoms with Gasteiger partial charge in [0.1, 0.15) is 0 Å². The van der Waals surface area contributed by atoms with Crippen molar-refractivity contribution < 1.29 is 13.0 Å². The quantitative estimate of drug-likeness (QED) is 0.579. The highest BCUT2D eigenvalue weighted by atomic mass is 32.2. The molecule has 0 unspecified atom stereocenters. The summed E-state index contributed by atoms with van der Waals surface area (Å²) in [5.74, 6) is 0. The fraction of sp³-hybridized carbons (Fsp3) is 0. The standard InChI is InChI=1S/C9H8O3S/c1-2-3-8-4-6-9(7-5-8)13(10,11)12/h3-7H,1H2,(H,10,11,12). The van der Waals surface area contributed by atoms with Crippen LogP contribution >= 0.6 is 0 Å². The first-order valence-electron chi connectivity index (χ1n) is 3.47.